The lowest BCUT2D eigenvalue weighted by Crippen LogP contribution is -2.30. The molecule has 0 heterocycles. The van der Waals surface area contributed by atoms with Gasteiger partial charge in [0.1, 0.15) is 6.61 Å². The first-order valence-electron chi connectivity index (χ1n) is 19.5. The van der Waals surface area contributed by atoms with E-state index in [2.05, 4.69) is 87.6 Å². The van der Waals surface area contributed by atoms with Gasteiger partial charge in [-0.2, -0.15) is 0 Å². The first kappa shape index (κ1) is 45.3. The molecule has 0 spiro atoms. The lowest BCUT2D eigenvalue weighted by Gasteiger charge is -2.18. The third-order valence-corrected chi connectivity index (χ3v) is 7.72. The minimum atomic E-state index is -0.567. The fourth-order valence-electron chi connectivity index (χ4n) is 4.85. The molecule has 0 aliphatic carbocycles. The summed E-state index contributed by atoms with van der Waals surface area (Å²) in [5.41, 5.74) is 0. The van der Waals surface area contributed by atoms with Crippen molar-refractivity contribution in [2.45, 2.75) is 168 Å². The van der Waals surface area contributed by atoms with E-state index in [1.54, 1.807) is 0 Å². The van der Waals surface area contributed by atoms with Crippen molar-refractivity contribution < 1.29 is 23.8 Å². The van der Waals surface area contributed by atoms with Crippen molar-refractivity contribution in [3.05, 3.63) is 72.9 Å². The number of hydrogen-bond acceptors (Lipinski definition) is 5. The topological polar surface area (TPSA) is 61.8 Å². The Labute approximate surface area is 296 Å². The van der Waals surface area contributed by atoms with E-state index < -0.39 is 6.10 Å². The second kappa shape index (κ2) is 38.8. The zero-order chi connectivity index (χ0) is 35.0. The maximum Gasteiger partial charge on any atom is 0.306 e. The molecule has 0 aliphatic heterocycles. The molecular formula is C43H72O5. The Morgan fingerprint density at radius 1 is 0.479 bits per heavy atom. The van der Waals surface area contributed by atoms with Crippen LogP contribution in [0.4, 0.5) is 0 Å². The van der Waals surface area contributed by atoms with Crippen LogP contribution < -0.4 is 0 Å². The molecule has 274 valence electrons. The summed E-state index contributed by atoms with van der Waals surface area (Å²) in [6, 6.07) is 0. The Balaban J connectivity index is 4.32. The van der Waals surface area contributed by atoms with Gasteiger partial charge in [0, 0.05) is 19.4 Å². The van der Waals surface area contributed by atoms with Crippen LogP contribution in [0.15, 0.2) is 72.9 Å². The standard InChI is InChI=1S/C43H72O5/c1-4-7-10-13-16-18-20-22-24-26-28-30-33-36-42(44)47-40-41(39-46-38-35-32-15-12-9-6-3)48-43(45)37-34-31-29-27-25-23-21-19-17-14-11-8-5-2/h7,10-11,14,16,18-19,21-22,24,28,30,41H,4-6,8-9,12-13,15,17,20,23,25-27,29,31-40H2,1-3H3/b10-7-,14-11-,18-16-,21-19-,24-22-,30-28-. The van der Waals surface area contributed by atoms with Gasteiger partial charge in [-0.1, -0.05) is 151 Å². The van der Waals surface area contributed by atoms with E-state index in [0.29, 0.717) is 25.9 Å². The van der Waals surface area contributed by atoms with Gasteiger partial charge in [-0.15, -0.1) is 0 Å². The van der Waals surface area contributed by atoms with Crippen molar-refractivity contribution in [2.75, 3.05) is 19.8 Å². The molecule has 5 nitrogen and oxygen atoms in total. The molecule has 5 heteroatoms. The quantitative estimate of drug-likeness (QED) is 0.0388. The van der Waals surface area contributed by atoms with Gasteiger partial charge in [0.15, 0.2) is 6.10 Å². The van der Waals surface area contributed by atoms with Crippen LogP contribution in [-0.4, -0.2) is 37.9 Å². The summed E-state index contributed by atoms with van der Waals surface area (Å²) in [5, 5.41) is 0. The lowest BCUT2D eigenvalue weighted by atomic mass is 10.1. The predicted molar refractivity (Wildman–Crippen MR) is 205 cm³/mol. The second-order valence-electron chi connectivity index (χ2n) is 12.5. The highest BCUT2D eigenvalue weighted by atomic mass is 16.6. The summed E-state index contributed by atoms with van der Waals surface area (Å²) < 4.78 is 17.0. The van der Waals surface area contributed by atoms with E-state index in [9.17, 15) is 9.59 Å². The van der Waals surface area contributed by atoms with Gasteiger partial charge >= 0.3 is 11.9 Å². The zero-order valence-corrected chi connectivity index (χ0v) is 31.2. The summed E-state index contributed by atoms with van der Waals surface area (Å²) in [5.74, 6) is -0.518. The van der Waals surface area contributed by atoms with Crippen LogP contribution in [0.1, 0.15) is 162 Å². The van der Waals surface area contributed by atoms with Crippen LogP contribution in [-0.2, 0) is 23.8 Å². The monoisotopic (exact) mass is 669 g/mol. The third kappa shape index (κ3) is 36.2. The minimum Gasteiger partial charge on any atom is -0.462 e. The zero-order valence-electron chi connectivity index (χ0n) is 31.2. The van der Waals surface area contributed by atoms with Crippen LogP contribution in [0.3, 0.4) is 0 Å². The van der Waals surface area contributed by atoms with Gasteiger partial charge in [0.25, 0.3) is 0 Å². The molecule has 1 atom stereocenters. The summed E-state index contributed by atoms with van der Waals surface area (Å²) in [6.07, 6.45) is 47.7. The van der Waals surface area contributed by atoms with Crippen molar-refractivity contribution >= 4 is 11.9 Å². The number of ether oxygens (including phenoxy) is 3. The summed E-state index contributed by atoms with van der Waals surface area (Å²) >= 11 is 0. The maximum absolute atomic E-state index is 12.6. The summed E-state index contributed by atoms with van der Waals surface area (Å²) in [7, 11) is 0. The molecule has 0 saturated heterocycles. The largest absolute Gasteiger partial charge is 0.462 e. The van der Waals surface area contributed by atoms with E-state index in [4.69, 9.17) is 14.2 Å². The molecule has 0 amide bonds. The molecule has 1 unspecified atom stereocenters. The normalized spacial score (nSPS) is 13.0. The molecule has 0 N–H and O–H groups in total. The molecule has 0 aliphatic rings. The van der Waals surface area contributed by atoms with Gasteiger partial charge in [-0.05, 0) is 70.6 Å². The van der Waals surface area contributed by atoms with Crippen molar-refractivity contribution in [1.82, 2.24) is 0 Å². The van der Waals surface area contributed by atoms with E-state index in [1.165, 1.54) is 44.9 Å². The van der Waals surface area contributed by atoms with Crippen LogP contribution in [0.2, 0.25) is 0 Å². The van der Waals surface area contributed by atoms with Crippen molar-refractivity contribution in [2.24, 2.45) is 0 Å². The SMILES string of the molecule is CC/C=C\C/C=C\C/C=C\C/C=C\CCC(=O)OCC(COCCCCCCCC)OC(=O)CCCCCCC/C=C\C/C=C\CCC. The average Bonchev–Trinajstić information content (AvgIpc) is 3.08. The van der Waals surface area contributed by atoms with Gasteiger partial charge in [-0.25, -0.2) is 0 Å². The van der Waals surface area contributed by atoms with Gasteiger partial charge in [0.05, 0.1) is 6.61 Å². The van der Waals surface area contributed by atoms with E-state index in [1.807, 2.05) is 6.08 Å². The molecule has 0 aromatic heterocycles. The number of allylic oxidation sites excluding steroid dienone is 12. The van der Waals surface area contributed by atoms with Crippen LogP contribution in [0.25, 0.3) is 0 Å². The number of rotatable bonds is 34. The van der Waals surface area contributed by atoms with Gasteiger partial charge in [0.2, 0.25) is 0 Å². The van der Waals surface area contributed by atoms with Crippen molar-refractivity contribution in [1.29, 1.82) is 0 Å². The lowest BCUT2D eigenvalue weighted by molar-refractivity contribution is -0.162. The summed E-state index contributed by atoms with van der Waals surface area (Å²) in [6.45, 7) is 7.48. The highest BCUT2D eigenvalue weighted by molar-refractivity contribution is 5.70. The fraction of sp³-hybridized carbons (Fsp3) is 0.674. The number of unbranched alkanes of at least 4 members (excludes halogenated alkanes) is 11. The van der Waals surface area contributed by atoms with E-state index in [-0.39, 0.29) is 25.2 Å². The third-order valence-electron chi connectivity index (χ3n) is 7.72. The Morgan fingerprint density at radius 3 is 1.67 bits per heavy atom. The fourth-order valence-corrected chi connectivity index (χ4v) is 4.85. The molecule has 0 aromatic rings. The number of hydrogen-bond donors (Lipinski definition) is 0. The van der Waals surface area contributed by atoms with Gasteiger partial charge in [-0.3, -0.25) is 9.59 Å². The first-order chi connectivity index (χ1) is 23.6. The minimum absolute atomic E-state index is 0.0389. The Morgan fingerprint density at radius 2 is 1.02 bits per heavy atom. The molecular weight excluding hydrogens is 596 g/mol. The average molecular weight is 669 g/mol. The van der Waals surface area contributed by atoms with E-state index in [0.717, 1.165) is 77.0 Å². The maximum atomic E-state index is 12.6. The molecule has 0 fully saturated rings. The molecule has 0 bridgehead atoms. The summed E-state index contributed by atoms with van der Waals surface area (Å²) in [4.78, 5) is 25.0. The molecule has 0 aromatic carbocycles. The van der Waals surface area contributed by atoms with Crippen molar-refractivity contribution in [3.8, 4) is 0 Å². The van der Waals surface area contributed by atoms with Gasteiger partial charge < -0.3 is 14.2 Å². The van der Waals surface area contributed by atoms with Crippen LogP contribution in [0.5, 0.6) is 0 Å². The first-order valence-corrected chi connectivity index (χ1v) is 19.5. The molecule has 0 radical (unpaired) electrons. The van der Waals surface area contributed by atoms with E-state index >= 15 is 0 Å². The number of esters is 2. The molecule has 48 heavy (non-hydrogen) atoms. The molecule has 0 saturated carbocycles. The number of carbonyl (C=O) groups excluding carboxylic acids is 2. The van der Waals surface area contributed by atoms with Crippen LogP contribution in [0, 0.1) is 0 Å². The predicted octanol–water partition coefficient (Wildman–Crippen LogP) is 12.4. The second-order valence-corrected chi connectivity index (χ2v) is 12.5. The Hall–Kier alpha value is -2.66. The highest BCUT2D eigenvalue weighted by Crippen LogP contribution is 2.11. The highest BCUT2D eigenvalue weighted by Gasteiger charge is 2.17. The van der Waals surface area contributed by atoms with Crippen molar-refractivity contribution in [3.63, 3.8) is 0 Å². The number of carbonyl (C=O) groups is 2. The molecule has 0 rings (SSSR count). The Bertz CT molecular complexity index is 895. The Kier molecular flexibility index (Phi) is 36.6. The van der Waals surface area contributed by atoms with Crippen LogP contribution >= 0.6 is 0 Å². The smallest absolute Gasteiger partial charge is 0.306 e.